The topological polar surface area (TPSA) is 49.7 Å². The summed E-state index contributed by atoms with van der Waals surface area (Å²) in [6.07, 6.45) is 1.54. The Morgan fingerprint density at radius 1 is 1.67 bits per heavy atom. The van der Waals surface area contributed by atoms with E-state index in [1.165, 1.54) is 6.42 Å². The SMILES string of the molecule is C[C@@]12CC[C@@H]1[C@@H]([C@H](O)CO)OC2. The molecule has 2 fully saturated rings. The molecule has 12 heavy (non-hydrogen) atoms. The maximum Gasteiger partial charge on any atom is 0.103 e. The van der Waals surface area contributed by atoms with Crippen molar-refractivity contribution in [2.75, 3.05) is 13.2 Å². The van der Waals surface area contributed by atoms with Crippen molar-refractivity contribution in [2.24, 2.45) is 11.3 Å². The predicted octanol–water partition coefficient (Wildman–Crippen LogP) is 0.155. The largest absolute Gasteiger partial charge is 0.394 e. The summed E-state index contributed by atoms with van der Waals surface area (Å²) in [7, 11) is 0. The van der Waals surface area contributed by atoms with Gasteiger partial charge in [-0.2, -0.15) is 0 Å². The van der Waals surface area contributed by atoms with Crippen LogP contribution in [0.1, 0.15) is 19.8 Å². The average molecular weight is 172 g/mol. The third kappa shape index (κ3) is 1.00. The lowest BCUT2D eigenvalue weighted by molar-refractivity contribution is -0.0499. The molecule has 1 aliphatic heterocycles. The minimum Gasteiger partial charge on any atom is -0.394 e. The summed E-state index contributed by atoms with van der Waals surface area (Å²) < 4.78 is 5.49. The van der Waals surface area contributed by atoms with E-state index < -0.39 is 6.10 Å². The second-order valence-corrected chi connectivity index (χ2v) is 4.32. The van der Waals surface area contributed by atoms with Crippen molar-refractivity contribution in [3.05, 3.63) is 0 Å². The molecule has 1 aliphatic carbocycles. The summed E-state index contributed by atoms with van der Waals surface area (Å²) in [5.41, 5.74) is 0.292. The van der Waals surface area contributed by atoms with Crippen LogP contribution in [-0.4, -0.2) is 35.6 Å². The Balaban J connectivity index is 2.02. The quantitative estimate of drug-likeness (QED) is 0.623. The van der Waals surface area contributed by atoms with E-state index in [1.807, 2.05) is 0 Å². The monoisotopic (exact) mass is 172 g/mol. The molecule has 70 valence electrons. The van der Waals surface area contributed by atoms with Crippen LogP contribution in [0.4, 0.5) is 0 Å². The van der Waals surface area contributed by atoms with Crippen LogP contribution in [0.5, 0.6) is 0 Å². The Morgan fingerprint density at radius 3 is 2.83 bits per heavy atom. The molecular formula is C9H16O3. The lowest BCUT2D eigenvalue weighted by Gasteiger charge is -2.42. The zero-order valence-electron chi connectivity index (χ0n) is 7.36. The molecule has 2 rings (SSSR count). The van der Waals surface area contributed by atoms with Crippen LogP contribution in [-0.2, 0) is 4.74 Å². The fraction of sp³-hybridized carbons (Fsp3) is 1.00. The molecule has 3 nitrogen and oxygen atoms in total. The molecule has 3 heteroatoms. The van der Waals surface area contributed by atoms with Gasteiger partial charge in [0.1, 0.15) is 6.10 Å². The summed E-state index contributed by atoms with van der Waals surface area (Å²) in [6.45, 7) is 2.77. The van der Waals surface area contributed by atoms with Crippen molar-refractivity contribution in [1.82, 2.24) is 0 Å². The smallest absolute Gasteiger partial charge is 0.103 e. The van der Waals surface area contributed by atoms with Crippen LogP contribution >= 0.6 is 0 Å². The molecule has 0 unspecified atom stereocenters. The summed E-state index contributed by atoms with van der Waals surface area (Å²) in [4.78, 5) is 0. The Bertz CT molecular complexity index is 183. The van der Waals surface area contributed by atoms with E-state index >= 15 is 0 Å². The summed E-state index contributed by atoms with van der Waals surface area (Å²) in [5.74, 6) is 0.472. The van der Waals surface area contributed by atoms with Gasteiger partial charge in [-0.15, -0.1) is 0 Å². The molecule has 0 aromatic carbocycles. The van der Waals surface area contributed by atoms with E-state index in [9.17, 15) is 5.11 Å². The molecule has 1 saturated heterocycles. The molecule has 2 aliphatic rings. The highest BCUT2D eigenvalue weighted by Crippen LogP contribution is 2.54. The van der Waals surface area contributed by atoms with Crippen molar-refractivity contribution in [3.8, 4) is 0 Å². The Labute approximate surface area is 72.3 Å². The van der Waals surface area contributed by atoms with Crippen LogP contribution in [0.25, 0.3) is 0 Å². The zero-order chi connectivity index (χ0) is 8.77. The Morgan fingerprint density at radius 2 is 2.42 bits per heavy atom. The average Bonchev–Trinajstić information content (AvgIpc) is 2.27. The molecule has 0 amide bonds. The maximum absolute atomic E-state index is 9.42. The molecule has 0 aromatic rings. The molecule has 2 N–H and O–H groups in total. The lowest BCUT2D eigenvalue weighted by atomic mass is 9.61. The molecule has 0 spiro atoms. The number of ether oxygens (including phenoxy) is 1. The number of hydrogen-bond acceptors (Lipinski definition) is 3. The van der Waals surface area contributed by atoms with Gasteiger partial charge in [0.15, 0.2) is 0 Å². The van der Waals surface area contributed by atoms with Crippen LogP contribution in [0.15, 0.2) is 0 Å². The first-order chi connectivity index (χ1) is 5.67. The normalized spacial score (nSPS) is 48.2. The van der Waals surface area contributed by atoms with Gasteiger partial charge in [-0.25, -0.2) is 0 Å². The summed E-state index contributed by atoms with van der Waals surface area (Å²) in [5, 5.41) is 18.2. The van der Waals surface area contributed by atoms with Gasteiger partial charge in [0.2, 0.25) is 0 Å². The number of aliphatic hydroxyl groups is 2. The number of hydrogen-bond donors (Lipinski definition) is 2. The van der Waals surface area contributed by atoms with E-state index in [0.29, 0.717) is 11.3 Å². The number of rotatable bonds is 2. The fourth-order valence-electron chi connectivity index (χ4n) is 2.43. The van der Waals surface area contributed by atoms with Crippen molar-refractivity contribution in [2.45, 2.75) is 32.0 Å². The third-order valence-electron chi connectivity index (χ3n) is 3.49. The molecule has 1 saturated carbocycles. The zero-order valence-corrected chi connectivity index (χ0v) is 7.36. The Kier molecular flexibility index (Phi) is 1.90. The van der Waals surface area contributed by atoms with Crippen LogP contribution in [0.2, 0.25) is 0 Å². The number of fused-ring (bicyclic) bond motifs is 1. The minimum atomic E-state index is -0.683. The van der Waals surface area contributed by atoms with E-state index in [2.05, 4.69) is 6.92 Å². The first-order valence-electron chi connectivity index (χ1n) is 4.58. The fourth-order valence-corrected chi connectivity index (χ4v) is 2.43. The van der Waals surface area contributed by atoms with Gasteiger partial charge in [-0.3, -0.25) is 0 Å². The highest BCUT2D eigenvalue weighted by atomic mass is 16.5. The minimum absolute atomic E-state index is 0.117. The molecule has 0 aromatic heterocycles. The van der Waals surface area contributed by atoms with E-state index in [1.54, 1.807) is 0 Å². The molecule has 0 bridgehead atoms. The third-order valence-corrected chi connectivity index (χ3v) is 3.49. The van der Waals surface area contributed by atoms with E-state index in [0.717, 1.165) is 13.0 Å². The van der Waals surface area contributed by atoms with Crippen LogP contribution in [0, 0.1) is 11.3 Å². The lowest BCUT2D eigenvalue weighted by Crippen LogP contribution is -2.44. The van der Waals surface area contributed by atoms with Crippen LogP contribution < -0.4 is 0 Å². The van der Waals surface area contributed by atoms with Gasteiger partial charge < -0.3 is 14.9 Å². The first-order valence-corrected chi connectivity index (χ1v) is 4.58. The maximum atomic E-state index is 9.42. The van der Waals surface area contributed by atoms with Gasteiger partial charge in [0.25, 0.3) is 0 Å². The second kappa shape index (κ2) is 2.69. The molecule has 1 heterocycles. The van der Waals surface area contributed by atoms with Crippen molar-refractivity contribution in [1.29, 1.82) is 0 Å². The molecule has 0 radical (unpaired) electrons. The van der Waals surface area contributed by atoms with Crippen molar-refractivity contribution < 1.29 is 14.9 Å². The highest BCUT2D eigenvalue weighted by Gasteiger charge is 2.54. The standard InChI is InChI=1S/C9H16O3/c1-9-3-2-6(9)8(12-5-9)7(11)4-10/h6-8,10-11H,2-5H2,1H3/t6-,7-,8+,9+/m1/s1. The van der Waals surface area contributed by atoms with Gasteiger partial charge in [0, 0.05) is 0 Å². The first kappa shape index (κ1) is 8.48. The van der Waals surface area contributed by atoms with Gasteiger partial charge in [-0.05, 0) is 24.2 Å². The highest BCUT2D eigenvalue weighted by molar-refractivity contribution is 5.02. The van der Waals surface area contributed by atoms with Crippen molar-refractivity contribution >= 4 is 0 Å². The van der Waals surface area contributed by atoms with E-state index in [-0.39, 0.29) is 12.7 Å². The predicted molar refractivity (Wildman–Crippen MR) is 43.7 cm³/mol. The Hall–Kier alpha value is -0.120. The van der Waals surface area contributed by atoms with Crippen LogP contribution in [0.3, 0.4) is 0 Å². The van der Waals surface area contributed by atoms with Gasteiger partial charge in [-0.1, -0.05) is 6.92 Å². The summed E-state index contributed by atoms with van der Waals surface area (Å²) >= 11 is 0. The second-order valence-electron chi connectivity index (χ2n) is 4.32. The molecule has 4 atom stereocenters. The van der Waals surface area contributed by atoms with Crippen molar-refractivity contribution in [3.63, 3.8) is 0 Å². The van der Waals surface area contributed by atoms with Gasteiger partial charge in [0.05, 0.1) is 19.3 Å². The van der Waals surface area contributed by atoms with E-state index in [4.69, 9.17) is 9.84 Å². The summed E-state index contributed by atoms with van der Waals surface area (Å²) in [6, 6.07) is 0. The van der Waals surface area contributed by atoms with Gasteiger partial charge >= 0.3 is 0 Å². The molecular weight excluding hydrogens is 156 g/mol. The number of aliphatic hydroxyl groups excluding tert-OH is 2.